The lowest BCUT2D eigenvalue weighted by Gasteiger charge is -2.25. The normalized spacial score (nSPS) is 19.8. The second-order valence-electron chi connectivity index (χ2n) is 5.92. The van der Waals surface area contributed by atoms with Crippen LogP contribution in [-0.4, -0.2) is 41.1 Å². The van der Waals surface area contributed by atoms with Gasteiger partial charge in [-0.05, 0) is 32.1 Å². The van der Waals surface area contributed by atoms with Crippen LogP contribution in [0.3, 0.4) is 0 Å². The summed E-state index contributed by atoms with van der Waals surface area (Å²) in [4.78, 5) is 34.5. The number of carboxylic acid groups (broad SMARTS) is 1. The molecule has 0 saturated heterocycles. The Labute approximate surface area is 123 Å². The van der Waals surface area contributed by atoms with Crippen LogP contribution in [0, 0.1) is 0 Å². The summed E-state index contributed by atoms with van der Waals surface area (Å²) < 4.78 is 0. The minimum absolute atomic E-state index is 0.0116. The number of hydrogen-bond donors (Lipinski definition) is 4. The van der Waals surface area contributed by atoms with Crippen molar-refractivity contribution in [2.24, 2.45) is 0 Å². The first-order chi connectivity index (χ1) is 10.0. The monoisotopic (exact) mass is 297 g/mol. The molecule has 21 heavy (non-hydrogen) atoms. The molecule has 0 unspecified atom stereocenters. The molecule has 3 amide bonds. The van der Waals surface area contributed by atoms with Crippen LogP contribution in [0.25, 0.3) is 0 Å². The van der Waals surface area contributed by atoms with Crippen LogP contribution in [0.4, 0.5) is 4.79 Å². The van der Waals surface area contributed by atoms with Crippen molar-refractivity contribution >= 4 is 17.9 Å². The van der Waals surface area contributed by atoms with E-state index in [1.807, 2.05) is 0 Å². The van der Waals surface area contributed by atoms with Crippen LogP contribution in [0.5, 0.6) is 0 Å². The quantitative estimate of drug-likeness (QED) is 0.520. The fourth-order valence-corrected chi connectivity index (χ4v) is 2.61. The number of urea groups is 1. The van der Waals surface area contributed by atoms with Crippen LogP contribution < -0.4 is 16.0 Å². The van der Waals surface area contributed by atoms with Gasteiger partial charge in [-0.1, -0.05) is 12.8 Å². The van der Waals surface area contributed by atoms with E-state index in [1.165, 1.54) is 0 Å². The predicted octanol–water partition coefficient (Wildman–Crippen LogP) is 0.742. The van der Waals surface area contributed by atoms with Crippen LogP contribution >= 0.6 is 0 Å². The van der Waals surface area contributed by atoms with Gasteiger partial charge in [0.15, 0.2) is 0 Å². The van der Waals surface area contributed by atoms with Gasteiger partial charge in [-0.25, -0.2) is 9.59 Å². The van der Waals surface area contributed by atoms with Crippen molar-refractivity contribution in [1.29, 1.82) is 0 Å². The van der Waals surface area contributed by atoms with E-state index < -0.39 is 17.5 Å². The van der Waals surface area contributed by atoms with E-state index in [4.69, 9.17) is 0 Å². The predicted molar refractivity (Wildman–Crippen MR) is 75.8 cm³/mol. The largest absolute Gasteiger partial charge is 0.480 e. The summed E-state index contributed by atoms with van der Waals surface area (Å²) in [6.45, 7) is 0.361. The molecule has 2 fully saturated rings. The molecule has 7 nitrogen and oxygen atoms in total. The third kappa shape index (κ3) is 4.61. The average molecular weight is 297 g/mol. The summed E-state index contributed by atoms with van der Waals surface area (Å²) in [5.74, 6) is -0.962. The lowest BCUT2D eigenvalue weighted by Crippen LogP contribution is -2.55. The number of carbonyl (C=O) groups excluding carboxylic acids is 2. The summed E-state index contributed by atoms with van der Waals surface area (Å²) >= 11 is 0. The van der Waals surface area contributed by atoms with E-state index in [-0.39, 0.29) is 5.91 Å². The summed E-state index contributed by atoms with van der Waals surface area (Å²) in [6.07, 6.45) is 5.61. The number of rotatable bonds is 7. The number of carbonyl (C=O) groups is 3. The molecule has 0 aromatic carbocycles. The first kappa shape index (κ1) is 15.6. The Kier molecular flexibility index (Phi) is 5.03. The van der Waals surface area contributed by atoms with E-state index in [0.717, 1.165) is 25.7 Å². The summed E-state index contributed by atoms with van der Waals surface area (Å²) in [6, 6.07) is -0.117. The van der Waals surface area contributed by atoms with Gasteiger partial charge in [0.25, 0.3) is 0 Å². The molecule has 0 heterocycles. The van der Waals surface area contributed by atoms with Crippen LogP contribution in [0.2, 0.25) is 0 Å². The van der Waals surface area contributed by atoms with Crippen molar-refractivity contribution < 1.29 is 19.5 Å². The maximum atomic E-state index is 11.8. The first-order valence-electron chi connectivity index (χ1n) is 7.61. The Bertz CT molecular complexity index is 414. The molecule has 0 bridgehead atoms. The fourth-order valence-electron chi connectivity index (χ4n) is 2.61. The van der Waals surface area contributed by atoms with Crippen LogP contribution in [-0.2, 0) is 9.59 Å². The topological polar surface area (TPSA) is 108 Å². The Morgan fingerprint density at radius 3 is 2.38 bits per heavy atom. The Morgan fingerprint density at radius 1 is 1.14 bits per heavy atom. The molecule has 7 heteroatoms. The zero-order valence-corrected chi connectivity index (χ0v) is 12.1. The third-order valence-electron chi connectivity index (χ3n) is 4.03. The van der Waals surface area contributed by atoms with Gasteiger partial charge in [0.2, 0.25) is 5.91 Å². The van der Waals surface area contributed by atoms with Gasteiger partial charge in [0, 0.05) is 19.0 Å². The van der Waals surface area contributed by atoms with Gasteiger partial charge in [-0.2, -0.15) is 0 Å². The van der Waals surface area contributed by atoms with E-state index in [2.05, 4.69) is 16.0 Å². The standard InChI is InChI=1S/C14H23N3O4/c18-11(16-10-5-6-10)4-3-9-15-13(21)17-14(12(19)20)7-1-2-8-14/h10H,1-9H2,(H,16,18)(H,19,20)(H2,15,17,21). The Balaban J connectivity index is 1.62. The Hall–Kier alpha value is -1.79. The minimum atomic E-state index is -1.12. The van der Waals surface area contributed by atoms with E-state index in [9.17, 15) is 19.5 Å². The van der Waals surface area contributed by atoms with Crippen molar-refractivity contribution in [3.8, 4) is 0 Å². The van der Waals surface area contributed by atoms with Crippen molar-refractivity contribution in [1.82, 2.24) is 16.0 Å². The van der Waals surface area contributed by atoms with Gasteiger partial charge in [-0.15, -0.1) is 0 Å². The zero-order chi connectivity index (χ0) is 15.3. The molecule has 4 N–H and O–H groups in total. The average Bonchev–Trinajstić information content (AvgIpc) is 3.10. The second kappa shape index (κ2) is 6.78. The molecule has 118 valence electrons. The number of carboxylic acids is 1. The van der Waals surface area contributed by atoms with E-state index >= 15 is 0 Å². The molecule has 2 aliphatic carbocycles. The molecule has 0 radical (unpaired) electrons. The number of hydrogen-bond acceptors (Lipinski definition) is 3. The molecule has 0 aliphatic heterocycles. The second-order valence-corrected chi connectivity index (χ2v) is 5.92. The fraction of sp³-hybridized carbons (Fsp3) is 0.786. The molecule has 0 spiro atoms. The van der Waals surface area contributed by atoms with Gasteiger partial charge in [0.1, 0.15) is 5.54 Å². The molecule has 0 atom stereocenters. The highest BCUT2D eigenvalue weighted by Crippen LogP contribution is 2.29. The molecule has 2 aliphatic rings. The highest BCUT2D eigenvalue weighted by Gasteiger charge is 2.42. The molecule has 2 saturated carbocycles. The number of aliphatic carboxylic acids is 1. The molecule has 2 rings (SSSR count). The van der Waals surface area contributed by atoms with Gasteiger partial charge in [0.05, 0.1) is 0 Å². The minimum Gasteiger partial charge on any atom is -0.480 e. The molecule has 0 aromatic heterocycles. The lowest BCUT2D eigenvalue weighted by molar-refractivity contribution is -0.144. The van der Waals surface area contributed by atoms with Crippen LogP contribution in [0.15, 0.2) is 0 Å². The summed E-state index contributed by atoms with van der Waals surface area (Å²) in [7, 11) is 0. The highest BCUT2D eigenvalue weighted by atomic mass is 16.4. The third-order valence-corrected chi connectivity index (χ3v) is 4.03. The summed E-state index contributed by atoms with van der Waals surface area (Å²) in [5, 5.41) is 17.3. The van der Waals surface area contributed by atoms with Crippen molar-refractivity contribution in [2.75, 3.05) is 6.54 Å². The van der Waals surface area contributed by atoms with Crippen molar-refractivity contribution in [3.05, 3.63) is 0 Å². The highest BCUT2D eigenvalue weighted by molar-refractivity contribution is 5.86. The maximum Gasteiger partial charge on any atom is 0.329 e. The van der Waals surface area contributed by atoms with Crippen molar-refractivity contribution in [3.63, 3.8) is 0 Å². The van der Waals surface area contributed by atoms with Crippen molar-refractivity contribution in [2.45, 2.75) is 62.9 Å². The van der Waals surface area contributed by atoms with E-state index in [0.29, 0.717) is 38.3 Å². The Morgan fingerprint density at radius 2 is 1.81 bits per heavy atom. The SMILES string of the molecule is O=C(CCCNC(=O)NC1(C(=O)O)CCCC1)NC1CC1. The molecule has 0 aromatic rings. The molecular weight excluding hydrogens is 274 g/mol. The molecular formula is C14H23N3O4. The van der Waals surface area contributed by atoms with Gasteiger partial charge >= 0.3 is 12.0 Å². The first-order valence-corrected chi connectivity index (χ1v) is 7.61. The van der Waals surface area contributed by atoms with Gasteiger partial charge < -0.3 is 21.1 Å². The lowest BCUT2D eigenvalue weighted by atomic mass is 9.98. The summed E-state index contributed by atoms with van der Waals surface area (Å²) in [5.41, 5.74) is -1.12. The van der Waals surface area contributed by atoms with Crippen LogP contribution in [0.1, 0.15) is 51.4 Å². The van der Waals surface area contributed by atoms with Gasteiger partial charge in [-0.3, -0.25) is 4.79 Å². The smallest absolute Gasteiger partial charge is 0.329 e. The maximum absolute atomic E-state index is 11.8. The van der Waals surface area contributed by atoms with E-state index in [1.54, 1.807) is 0 Å². The number of nitrogens with one attached hydrogen (secondary N) is 3. The zero-order valence-electron chi connectivity index (χ0n) is 12.1. The number of amides is 3.